The molecule has 2 rings (SSSR count). The monoisotopic (exact) mass is 562 g/mol. The number of aliphatic hydroxyl groups is 1. The molecule has 0 bridgehead atoms. The minimum absolute atomic E-state index is 0.0824. The van der Waals surface area contributed by atoms with Crippen LogP contribution in [0.15, 0.2) is 0 Å². The second-order valence-corrected chi connectivity index (χ2v) is 9.11. The van der Waals surface area contributed by atoms with Crippen LogP contribution in [0.2, 0.25) is 0 Å². The van der Waals surface area contributed by atoms with Gasteiger partial charge in [-0.15, -0.1) is 8.67 Å². The van der Waals surface area contributed by atoms with Gasteiger partial charge < -0.3 is 24.1 Å². The first-order chi connectivity index (χ1) is 16.0. The summed E-state index contributed by atoms with van der Waals surface area (Å²) in [5, 5.41) is 34.3. The summed E-state index contributed by atoms with van der Waals surface area (Å²) in [6.45, 7) is 4.66. The van der Waals surface area contributed by atoms with Crippen LogP contribution in [0.25, 0.3) is 0 Å². The van der Waals surface area contributed by atoms with Crippen molar-refractivity contribution in [1.82, 2.24) is 0 Å². The van der Waals surface area contributed by atoms with Crippen molar-refractivity contribution < 1.29 is 78.8 Å². The molecular formula is C14H26O17S3. The Kier molecular flexibility index (Phi) is 12.6. The van der Waals surface area contributed by atoms with Crippen molar-refractivity contribution in [3.63, 3.8) is 0 Å². The Balaban J connectivity index is 2.33. The summed E-state index contributed by atoms with van der Waals surface area (Å²) >= 11 is 0.256. The van der Waals surface area contributed by atoms with E-state index in [1.807, 2.05) is 0 Å². The Bertz CT molecular complexity index is 699. The molecular weight excluding hydrogens is 536 g/mol. The Morgan fingerprint density at radius 2 is 1.35 bits per heavy atom. The van der Waals surface area contributed by atoms with Crippen LogP contribution in [-0.2, 0) is 60.6 Å². The van der Waals surface area contributed by atoms with Gasteiger partial charge in [0.1, 0.15) is 18.3 Å². The first kappa shape index (κ1) is 30.3. The molecule has 0 saturated carbocycles. The molecule has 34 heavy (non-hydrogen) atoms. The zero-order valence-electron chi connectivity index (χ0n) is 18.1. The summed E-state index contributed by atoms with van der Waals surface area (Å²) in [7, 11) is -3.66. The first-order valence-corrected chi connectivity index (χ1v) is 12.2. The molecule has 2 aliphatic heterocycles. The summed E-state index contributed by atoms with van der Waals surface area (Å²) in [5.74, 6) is -0.676. The summed E-state index contributed by atoms with van der Waals surface area (Å²) in [6, 6.07) is 0. The number of hydrogen-bond acceptors (Lipinski definition) is 18. The third-order valence-corrected chi connectivity index (χ3v) is 6.43. The van der Waals surface area contributed by atoms with Crippen LogP contribution in [0, 0.1) is 5.92 Å². The molecule has 20 heteroatoms. The molecule has 0 spiro atoms. The standard InChI is InChI=1S/C14H26O17S3/c1-5-6(2)22-14(11(25-32-30-28-16)9(5)27-34(18,19)20)24-10-8(15)7(3)23-13(21-4)12(10)26-33-31-29-17/h5-17H,1-4H3,(H,18,19,20)/t5-,6?,7?,8-,9+,10+,11?,12?,13-,14+/m1/s1. The summed E-state index contributed by atoms with van der Waals surface area (Å²) < 4.78 is 78.3. The van der Waals surface area contributed by atoms with E-state index in [1.54, 1.807) is 13.8 Å². The quantitative estimate of drug-likeness (QED) is 0.0786. The second-order valence-electron chi connectivity index (χ2n) is 7.14. The van der Waals surface area contributed by atoms with Crippen molar-refractivity contribution in [1.29, 1.82) is 0 Å². The highest BCUT2D eigenvalue weighted by molar-refractivity contribution is 7.89. The van der Waals surface area contributed by atoms with E-state index in [0.29, 0.717) is 0 Å². The van der Waals surface area contributed by atoms with Crippen LogP contribution in [0.5, 0.6) is 0 Å². The lowest BCUT2D eigenvalue weighted by Crippen LogP contribution is -2.63. The Morgan fingerprint density at radius 3 is 1.85 bits per heavy atom. The SMILES string of the molecule is CO[C@@H]1OC(C)[C@@H](O)[C@H](O[C@@H]2OC(C)[C@@H](C)[C@H](OS(=O)(=O)O)C2OSOOO)C1OSOOO. The number of aliphatic hydroxyl groups excluding tert-OH is 1. The van der Waals surface area contributed by atoms with E-state index in [4.69, 9.17) is 42.0 Å². The number of hydrogen-bond donors (Lipinski definition) is 4. The Labute approximate surface area is 203 Å². The lowest BCUT2D eigenvalue weighted by Gasteiger charge is -2.47. The van der Waals surface area contributed by atoms with Crippen LogP contribution in [0.1, 0.15) is 20.8 Å². The highest BCUT2D eigenvalue weighted by Gasteiger charge is 2.52. The minimum atomic E-state index is -4.95. The van der Waals surface area contributed by atoms with Crippen LogP contribution in [0.3, 0.4) is 0 Å². The van der Waals surface area contributed by atoms with Gasteiger partial charge in [0.25, 0.3) is 0 Å². The molecule has 2 heterocycles. The molecule has 0 amide bonds. The van der Waals surface area contributed by atoms with E-state index >= 15 is 0 Å². The minimum Gasteiger partial charge on any atom is -0.388 e. The Morgan fingerprint density at radius 1 is 0.824 bits per heavy atom. The van der Waals surface area contributed by atoms with Crippen molar-refractivity contribution in [2.75, 3.05) is 7.11 Å². The molecule has 10 atom stereocenters. The molecule has 4 unspecified atom stereocenters. The topological polar surface area (TPSA) is 217 Å². The van der Waals surface area contributed by atoms with Gasteiger partial charge in [0.2, 0.25) is 0 Å². The summed E-state index contributed by atoms with van der Waals surface area (Å²) in [6.07, 6.45) is -10.8. The van der Waals surface area contributed by atoms with Gasteiger partial charge in [-0.2, -0.15) is 8.42 Å². The van der Waals surface area contributed by atoms with Crippen molar-refractivity contribution >= 4 is 35.0 Å². The third-order valence-electron chi connectivity index (χ3n) is 5.13. The molecule has 2 fully saturated rings. The molecule has 0 aromatic heterocycles. The van der Waals surface area contributed by atoms with E-state index in [2.05, 4.69) is 18.7 Å². The van der Waals surface area contributed by atoms with Gasteiger partial charge >= 0.3 is 10.4 Å². The maximum atomic E-state index is 11.5. The van der Waals surface area contributed by atoms with Crippen LogP contribution in [0.4, 0.5) is 0 Å². The molecule has 202 valence electrons. The second kappa shape index (κ2) is 14.1. The van der Waals surface area contributed by atoms with Crippen molar-refractivity contribution in [3.05, 3.63) is 0 Å². The molecule has 0 radical (unpaired) electrons. The van der Waals surface area contributed by atoms with Gasteiger partial charge in [-0.1, -0.05) is 17.0 Å². The fourth-order valence-electron chi connectivity index (χ4n) is 3.36. The van der Waals surface area contributed by atoms with E-state index in [9.17, 15) is 18.1 Å². The molecule has 0 aliphatic carbocycles. The van der Waals surface area contributed by atoms with Gasteiger partial charge in [0, 0.05) is 13.0 Å². The van der Waals surface area contributed by atoms with E-state index in [0.717, 1.165) is 0 Å². The van der Waals surface area contributed by atoms with Crippen molar-refractivity contribution in [2.24, 2.45) is 5.92 Å². The summed E-state index contributed by atoms with van der Waals surface area (Å²) in [4.78, 5) is 0. The van der Waals surface area contributed by atoms with E-state index in [1.165, 1.54) is 14.0 Å². The van der Waals surface area contributed by atoms with Gasteiger partial charge in [-0.25, -0.2) is 14.7 Å². The largest absolute Gasteiger partial charge is 0.397 e. The first-order valence-electron chi connectivity index (χ1n) is 9.47. The maximum absolute atomic E-state index is 11.5. The summed E-state index contributed by atoms with van der Waals surface area (Å²) in [5.41, 5.74) is 0. The molecule has 2 saturated heterocycles. The maximum Gasteiger partial charge on any atom is 0.397 e. The van der Waals surface area contributed by atoms with E-state index < -0.39 is 71.6 Å². The number of ether oxygens (including phenoxy) is 4. The zero-order chi connectivity index (χ0) is 25.5. The zero-order valence-corrected chi connectivity index (χ0v) is 20.5. The van der Waals surface area contributed by atoms with Gasteiger partial charge in [-0.05, 0) is 13.8 Å². The lowest BCUT2D eigenvalue weighted by atomic mass is 9.91. The predicted octanol–water partition coefficient (Wildman–Crippen LogP) is 0.432. The molecule has 4 N–H and O–H groups in total. The molecule has 2 aliphatic rings. The Hall–Kier alpha value is 0.0500. The average Bonchev–Trinajstić information content (AvgIpc) is 2.77. The molecule has 17 nitrogen and oxygen atoms in total. The third kappa shape index (κ3) is 8.29. The fraction of sp³-hybridized carbons (Fsp3) is 1.00. The van der Waals surface area contributed by atoms with Crippen LogP contribution < -0.4 is 0 Å². The fourth-order valence-corrected chi connectivity index (χ4v) is 4.62. The highest BCUT2D eigenvalue weighted by atomic mass is 32.3. The molecule has 0 aromatic carbocycles. The van der Waals surface area contributed by atoms with Gasteiger partial charge in [0.05, 0.1) is 12.2 Å². The van der Waals surface area contributed by atoms with Crippen LogP contribution in [-0.4, -0.2) is 91.0 Å². The average molecular weight is 563 g/mol. The lowest BCUT2D eigenvalue weighted by molar-refractivity contribution is -0.435. The predicted molar refractivity (Wildman–Crippen MR) is 107 cm³/mol. The van der Waals surface area contributed by atoms with Gasteiger partial charge in [-0.3, -0.25) is 12.9 Å². The smallest absolute Gasteiger partial charge is 0.388 e. The molecule has 0 aromatic rings. The van der Waals surface area contributed by atoms with E-state index in [-0.39, 0.29) is 24.6 Å². The van der Waals surface area contributed by atoms with Crippen molar-refractivity contribution in [3.8, 4) is 0 Å². The highest BCUT2D eigenvalue weighted by Crippen LogP contribution is 2.37. The van der Waals surface area contributed by atoms with Crippen molar-refractivity contribution in [2.45, 2.75) is 76.1 Å². The number of methoxy groups -OCH3 is 1. The normalized spacial score (nSPS) is 39.3. The van der Waals surface area contributed by atoms with Crippen LogP contribution >= 0.6 is 24.6 Å². The van der Waals surface area contributed by atoms with Gasteiger partial charge in [0.15, 0.2) is 49.4 Å². The number of rotatable bonds is 13.